The first-order valence-corrected chi connectivity index (χ1v) is 9.98. The molecule has 0 bridgehead atoms. The van der Waals surface area contributed by atoms with Crippen molar-refractivity contribution in [2.75, 3.05) is 40.1 Å². The number of carbonyl (C=O) groups is 2. The molecule has 0 spiro atoms. The maximum atomic E-state index is 12.9. The van der Waals surface area contributed by atoms with E-state index in [9.17, 15) is 18.0 Å². The molecule has 0 unspecified atom stereocenters. The van der Waals surface area contributed by atoms with E-state index in [1.54, 1.807) is 23.1 Å². The lowest BCUT2D eigenvalue weighted by atomic mass is 10.1. The number of sulfone groups is 1. The zero-order chi connectivity index (χ0) is 19.3. The number of nitrogens with one attached hydrogen (secondary N) is 1. The van der Waals surface area contributed by atoms with Crippen LogP contribution in [-0.4, -0.2) is 70.5 Å². The van der Waals surface area contributed by atoms with Gasteiger partial charge in [-0.3, -0.25) is 9.59 Å². The quantitative estimate of drug-likeness (QED) is 0.765. The number of amides is 2. The molecule has 0 saturated carbocycles. The highest BCUT2D eigenvalue weighted by Gasteiger charge is 2.34. The van der Waals surface area contributed by atoms with Crippen molar-refractivity contribution in [3.63, 3.8) is 0 Å². The Hall–Kier alpha value is -2.29. The van der Waals surface area contributed by atoms with Crippen LogP contribution >= 0.6 is 0 Å². The topological polar surface area (TPSA) is 102 Å². The first-order chi connectivity index (χ1) is 12.3. The summed E-state index contributed by atoms with van der Waals surface area (Å²) in [7, 11) is 0.820. The highest BCUT2D eigenvalue weighted by Crippen LogP contribution is 2.31. The van der Waals surface area contributed by atoms with Crippen LogP contribution in [0.1, 0.15) is 23.2 Å². The van der Waals surface area contributed by atoms with Crippen LogP contribution in [0.4, 0.5) is 0 Å². The van der Waals surface area contributed by atoms with Crippen molar-refractivity contribution in [1.29, 1.82) is 0 Å². The molecule has 1 fully saturated rings. The number of piperidine rings is 1. The van der Waals surface area contributed by atoms with Gasteiger partial charge in [-0.25, -0.2) is 8.42 Å². The average Bonchev–Trinajstić information content (AvgIpc) is 2.66. The first kappa shape index (κ1) is 20.0. The van der Waals surface area contributed by atoms with Crippen molar-refractivity contribution >= 4 is 21.7 Å². The second-order valence-corrected chi connectivity index (χ2v) is 8.29. The highest BCUT2D eigenvalue weighted by atomic mass is 32.2. The molecule has 1 aromatic carbocycles. The lowest BCUT2D eigenvalue weighted by Crippen LogP contribution is -2.44. The second-order valence-electron chi connectivity index (χ2n) is 6.01. The van der Waals surface area contributed by atoms with Gasteiger partial charge in [0.15, 0.2) is 9.84 Å². The Morgan fingerprint density at radius 2 is 1.69 bits per heavy atom. The van der Waals surface area contributed by atoms with Crippen LogP contribution in [0.25, 0.3) is 0 Å². The summed E-state index contributed by atoms with van der Waals surface area (Å²) in [4.78, 5) is 25.9. The Morgan fingerprint density at radius 1 is 1.15 bits per heavy atom. The van der Waals surface area contributed by atoms with Crippen molar-refractivity contribution in [3.05, 3.63) is 23.8 Å². The summed E-state index contributed by atoms with van der Waals surface area (Å²) in [5.41, 5.74) is 0.323. The molecule has 2 amide bonds. The van der Waals surface area contributed by atoms with Crippen LogP contribution in [0.15, 0.2) is 18.2 Å². The minimum absolute atomic E-state index is 0.263. The monoisotopic (exact) mass is 384 g/mol. The van der Waals surface area contributed by atoms with E-state index in [4.69, 9.17) is 9.47 Å². The summed E-state index contributed by atoms with van der Waals surface area (Å²) in [5, 5.41) is 1.70. The van der Waals surface area contributed by atoms with E-state index >= 15 is 0 Å². The normalized spacial score (nSPS) is 15.4. The van der Waals surface area contributed by atoms with Gasteiger partial charge in [-0.2, -0.15) is 0 Å². The molecule has 1 aliphatic rings. The number of hydrogen-bond acceptors (Lipinski definition) is 6. The maximum absolute atomic E-state index is 12.9. The number of nitrogens with zero attached hydrogens (tertiary/aromatic N) is 1. The fraction of sp³-hybridized carbons (Fsp3) is 0.529. The predicted molar refractivity (Wildman–Crippen MR) is 96.3 cm³/mol. The van der Waals surface area contributed by atoms with Crippen molar-refractivity contribution in [1.82, 2.24) is 10.2 Å². The fourth-order valence-corrected chi connectivity index (χ4v) is 4.69. The molecule has 26 heavy (non-hydrogen) atoms. The smallest absolute Gasteiger partial charge is 0.261 e. The molecule has 9 heteroatoms. The molecule has 1 aromatic rings. The second kappa shape index (κ2) is 8.39. The van der Waals surface area contributed by atoms with E-state index in [-0.39, 0.29) is 19.0 Å². The third-order valence-corrected chi connectivity index (χ3v) is 6.64. The third kappa shape index (κ3) is 4.27. The summed E-state index contributed by atoms with van der Waals surface area (Å²) in [6, 6.07) is 5.08. The van der Waals surface area contributed by atoms with Crippen LogP contribution in [-0.2, 0) is 14.6 Å². The molecule has 0 aliphatic carbocycles. The van der Waals surface area contributed by atoms with Gasteiger partial charge in [-0.05, 0) is 25.0 Å². The number of ether oxygens (including phenoxy) is 2. The van der Waals surface area contributed by atoms with Crippen molar-refractivity contribution in [2.24, 2.45) is 0 Å². The van der Waals surface area contributed by atoms with Gasteiger partial charge in [0, 0.05) is 20.1 Å². The number of hydrogen-bond donors (Lipinski definition) is 1. The van der Waals surface area contributed by atoms with Crippen LogP contribution in [0.3, 0.4) is 0 Å². The SMILES string of the molecule is CNC(=O)CS(=O)(=O)C1CCN(C(=O)c2c(OC)cccc2OC)CC1. The van der Waals surface area contributed by atoms with Crippen molar-refractivity contribution < 1.29 is 27.5 Å². The zero-order valence-corrected chi connectivity index (χ0v) is 16.0. The van der Waals surface area contributed by atoms with Crippen LogP contribution in [0, 0.1) is 0 Å². The number of likely N-dealkylation sites (tertiary alicyclic amines) is 1. The molecule has 0 aromatic heterocycles. The molecule has 1 N–H and O–H groups in total. The predicted octanol–water partition coefficient (Wildman–Crippen LogP) is 0.469. The molecule has 0 radical (unpaired) electrons. The van der Waals surface area contributed by atoms with Gasteiger partial charge in [0.25, 0.3) is 5.91 Å². The number of benzene rings is 1. The number of methoxy groups -OCH3 is 2. The van der Waals surface area contributed by atoms with E-state index in [0.29, 0.717) is 29.9 Å². The van der Waals surface area contributed by atoms with E-state index in [1.807, 2.05) is 0 Å². The molecule has 8 nitrogen and oxygen atoms in total. The number of carbonyl (C=O) groups excluding carboxylic acids is 2. The Balaban J connectivity index is 2.11. The van der Waals surface area contributed by atoms with E-state index < -0.39 is 26.7 Å². The Morgan fingerprint density at radius 3 is 2.15 bits per heavy atom. The minimum Gasteiger partial charge on any atom is -0.496 e. The van der Waals surface area contributed by atoms with Gasteiger partial charge in [-0.1, -0.05) is 6.07 Å². The molecule has 2 rings (SSSR count). The van der Waals surface area contributed by atoms with E-state index in [1.165, 1.54) is 21.3 Å². The lowest BCUT2D eigenvalue weighted by Gasteiger charge is -2.32. The zero-order valence-electron chi connectivity index (χ0n) is 15.1. The Kier molecular flexibility index (Phi) is 6.47. The molecule has 1 aliphatic heterocycles. The maximum Gasteiger partial charge on any atom is 0.261 e. The Labute approximate surface area is 153 Å². The third-order valence-electron chi connectivity index (χ3n) is 4.49. The summed E-state index contributed by atoms with van der Waals surface area (Å²) in [6.07, 6.45) is 0.588. The first-order valence-electron chi connectivity index (χ1n) is 8.26. The van der Waals surface area contributed by atoms with Gasteiger partial charge in [0.2, 0.25) is 5.91 Å². The Bertz CT molecular complexity index is 747. The van der Waals surface area contributed by atoms with Gasteiger partial charge in [0.05, 0.1) is 19.5 Å². The molecule has 144 valence electrons. The van der Waals surface area contributed by atoms with Gasteiger partial charge < -0.3 is 19.7 Å². The average molecular weight is 384 g/mol. The van der Waals surface area contributed by atoms with Crippen LogP contribution in [0.2, 0.25) is 0 Å². The van der Waals surface area contributed by atoms with Gasteiger partial charge in [-0.15, -0.1) is 0 Å². The summed E-state index contributed by atoms with van der Waals surface area (Å²) in [6.45, 7) is 0.579. The summed E-state index contributed by atoms with van der Waals surface area (Å²) < 4.78 is 35.1. The minimum atomic E-state index is -3.53. The van der Waals surface area contributed by atoms with Gasteiger partial charge >= 0.3 is 0 Å². The van der Waals surface area contributed by atoms with Crippen molar-refractivity contribution in [2.45, 2.75) is 18.1 Å². The molecule has 0 atom stereocenters. The summed E-state index contributed by atoms with van der Waals surface area (Å²) in [5.74, 6) is -0.501. The molecular formula is C17H24N2O6S. The highest BCUT2D eigenvalue weighted by molar-refractivity contribution is 7.92. The van der Waals surface area contributed by atoms with Crippen LogP contribution < -0.4 is 14.8 Å². The van der Waals surface area contributed by atoms with Crippen molar-refractivity contribution in [3.8, 4) is 11.5 Å². The summed E-state index contributed by atoms with van der Waals surface area (Å²) >= 11 is 0. The largest absolute Gasteiger partial charge is 0.496 e. The van der Waals surface area contributed by atoms with Crippen LogP contribution in [0.5, 0.6) is 11.5 Å². The molecule has 1 saturated heterocycles. The lowest BCUT2D eigenvalue weighted by molar-refractivity contribution is -0.118. The standard InChI is InChI=1S/C17H24N2O6S/c1-18-15(20)11-26(22,23)12-7-9-19(10-8-12)17(21)16-13(24-2)5-4-6-14(16)25-3/h4-6,12H,7-11H2,1-3H3,(H,18,20). The van der Waals surface area contributed by atoms with E-state index in [0.717, 1.165) is 0 Å². The molecule has 1 heterocycles. The number of rotatable bonds is 6. The molecular weight excluding hydrogens is 360 g/mol. The fourth-order valence-electron chi connectivity index (χ4n) is 3.01. The van der Waals surface area contributed by atoms with Gasteiger partial charge in [0.1, 0.15) is 22.8 Å². The van der Waals surface area contributed by atoms with E-state index in [2.05, 4.69) is 5.32 Å².